The van der Waals surface area contributed by atoms with E-state index in [4.69, 9.17) is 14.2 Å². The molecular formula is C18H19NO4. The number of ether oxygens (including phenoxy) is 3. The average molecular weight is 313 g/mol. The van der Waals surface area contributed by atoms with Crippen LogP contribution in [0.2, 0.25) is 0 Å². The summed E-state index contributed by atoms with van der Waals surface area (Å²) < 4.78 is 17.2. The van der Waals surface area contributed by atoms with E-state index in [2.05, 4.69) is 5.32 Å². The Balaban J connectivity index is 1.87. The zero-order chi connectivity index (χ0) is 16.1. The second-order valence-electron chi connectivity index (χ2n) is 5.25. The molecule has 1 N–H and O–H groups in total. The number of carbonyl (C=O) groups excluding carboxylic acids is 1. The van der Waals surface area contributed by atoms with E-state index in [1.165, 1.54) is 0 Å². The molecule has 0 aromatic heterocycles. The zero-order valence-corrected chi connectivity index (χ0v) is 12.9. The van der Waals surface area contributed by atoms with Crippen LogP contribution in [0.5, 0.6) is 11.5 Å². The van der Waals surface area contributed by atoms with Gasteiger partial charge in [0, 0.05) is 6.54 Å². The molecule has 0 spiro atoms. The van der Waals surface area contributed by atoms with Gasteiger partial charge in [-0.15, -0.1) is 0 Å². The second kappa shape index (κ2) is 7.15. The van der Waals surface area contributed by atoms with Gasteiger partial charge in [0.05, 0.1) is 7.11 Å². The van der Waals surface area contributed by atoms with Gasteiger partial charge in [-0.1, -0.05) is 42.5 Å². The predicted octanol–water partition coefficient (Wildman–Crippen LogP) is 2.33. The number of morpholine rings is 1. The fourth-order valence-corrected chi connectivity index (χ4v) is 2.56. The Hall–Kier alpha value is -2.53. The normalized spacial score (nSPS) is 18.8. The van der Waals surface area contributed by atoms with Gasteiger partial charge in [-0.05, 0) is 17.7 Å². The van der Waals surface area contributed by atoms with Crippen molar-refractivity contribution in [1.29, 1.82) is 0 Å². The molecule has 0 bridgehead atoms. The second-order valence-corrected chi connectivity index (χ2v) is 5.25. The molecule has 23 heavy (non-hydrogen) atoms. The summed E-state index contributed by atoms with van der Waals surface area (Å²) in [5.41, 5.74) is 0.986. The molecule has 2 unspecified atom stereocenters. The number of hydrogen-bond donors (Lipinski definition) is 1. The maximum atomic E-state index is 11.3. The Kier molecular flexibility index (Phi) is 4.78. The lowest BCUT2D eigenvalue weighted by Crippen LogP contribution is -2.46. The van der Waals surface area contributed by atoms with Crippen molar-refractivity contribution in [2.24, 2.45) is 0 Å². The third kappa shape index (κ3) is 3.63. The van der Waals surface area contributed by atoms with Crippen LogP contribution in [0, 0.1) is 0 Å². The molecule has 1 amide bonds. The molecule has 0 radical (unpaired) electrons. The molecule has 3 rings (SSSR count). The molecule has 2 aromatic carbocycles. The highest BCUT2D eigenvalue weighted by molar-refractivity contribution is 5.77. The predicted molar refractivity (Wildman–Crippen MR) is 85.6 cm³/mol. The number of methoxy groups -OCH3 is 1. The monoisotopic (exact) mass is 313 g/mol. The highest BCUT2D eigenvalue weighted by atomic mass is 16.6. The van der Waals surface area contributed by atoms with Crippen LogP contribution < -0.4 is 14.8 Å². The molecule has 5 heteroatoms. The number of hydrogen-bond acceptors (Lipinski definition) is 4. The van der Waals surface area contributed by atoms with E-state index in [9.17, 15) is 4.79 Å². The van der Waals surface area contributed by atoms with E-state index in [0.29, 0.717) is 18.0 Å². The minimum absolute atomic E-state index is 0.0449. The van der Waals surface area contributed by atoms with E-state index >= 15 is 0 Å². The molecule has 2 aromatic rings. The Morgan fingerprint density at radius 3 is 2.43 bits per heavy atom. The minimum atomic E-state index is -0.340. The van der Waals surface area contributed by atoms with Crippen molar-refractivity contribution < 1.29 is 19.0 Å². The van der Waals surface area contributed by atoms with Crippen LogP contribution in [-0.2, 0) is 9.53 Å². The fraction of sp³-hybridized carbons (Fsp3) is 0.278. The number of para-hydroxylation sites is 2. The standard InChI is InChI=1S/C18H19NO4/c1-21-14-9-5-6-10-15(14)23-18(13-7-3-2-4-8-13)16-11-19-17(20)12-22-16/h2-10,16,18H,11-12H2,1H3,(H,19,20). The van der Waals surface area contributed by atoms with Crippen LogP contribution in [0.25, 0.3) is 0 Å². The number of amides is 1. The minimum Gasteiger partial charge on any atom is -0.493 e. The Morgan fingerprint density at radius 1 is 1.09 bits per heavy atom. The zero-order valence-electron chi connectivity index (χ0n) is 12.9. The molecule has 0 aliphatic carbocycles. The number of nitrogens with one attached hydrogen (secondary N) is 1. The van der Waals surface area contributed by atoms with Gasteiger partial charge in [0.2, 0.25) is 5.91 Å². The molecule has 2 atom stereocenters. The SMILES string of the molecule is COc1ccccc1OC(c1ccccc1)C1CNC(=O)CO1. The smallest absolute Gasteiger partial charge is 0.246 e. The molecular weight excluding hydrogens is 294 g/mol. The lowest BCUT2D eigenvalue weighted by atomic mass is 10.0. The van der Waals surface area contributed by atoms with Crippen molar-refractivity contribution in [1.82, 2.24) is 5.32 Å². The van der Waals surface area contributed by atoms with Crippen molar-refractivity contribution in [3.05, 3.63) is 60.2 Å². The maximum Gasteiger partial charge on any atom is 0.246 e. The highest BCUT2D eigenvalue weighted by Gasteiger charge is 2.30. The van der Waals surface area contributed by atoms with Gasteiger partial charge < -0.3 is 19.5 Å². The van der Waals surface area contributed by atoms with E-state index in [0.717, 1.165) is 5.56 Å². The van der Waals surface area contributed by atoms with Crippen LogP contribution in [0.1, 0.15) is 11.7 Å². The van der Waals surface area contributed by atoms with Gasteiger partial charge in [-0.25, -0.2) is 0 Å². The van der Waals surface area contributed by atoms with Crippen LogP contribution in [0.3, 0.4) is 0 Å². The Morgan fingerprint density at radius 2 is 1.78 bits per heavy atom. The van der Waals surface area contributed by atoms with E-state index in [-0.39, 0.29) is 24.7 Å². The van der Waals surface area contributed by atoms with Gasteiger partial charge in [-0.2, -0.15) is 0 Å². The summed E-state index contributed by atoms with van der Waals surface area (Å²) >= 11 is 0. The summed E-state index contributed by atoms with van der Waals surface area (Å²) in [4.78, 5) is 11.3. The Labute approximate surface area is 135 Å². The molecule has 1 aliphatic heterocycles. The van der Waals surface area contributed by atoms with Gasteiger partial charge in [0.25, 0.3) is 0 Å². The molecule has 1 aliphatic rings. The first kappa shape index (κ1) is 15.4. The topological polar surface area (TPSA) is 56.8 Å². The molecule has 0 saturated carbocycles. The number of benzene rings is 2. The van der Waals surface area contributed by atoms with Gasteiger partial charge in [-0.3, -0.25) is 4.79 Å². The first-order valence-electron chi connectivity index (χ1n) is 7.51. The van der Waals surface area contributed by atoms with Crippen molar-refractivity contribution in [2.75, 3.05) is 20.3 Å². The maximum absolute atomic E-state index is 11.3. The average Bonchev–Trinajstić information content (AvgIpc) is 2.61. The quantitative estimate of drug-likeness (QED) is 0.920. The molecule has 5 nitrogen and oxygen atoms in total. The van der Waals surface area contributed by atoms with Crippen molar-refractivity contribution in [3.8, 4) is 11.5 Å². The Bertz CT molecular complexity index is 649. The number of rotatable bonds is 5. The van der Waals surface area contributed by atoms with Crippen LogP contribution >= 0.6 is 0 Å². The van der Waals surface area contributed by atoms with E-state index in [1.807, 2.05) is 54.6 Å². The van der Waals surface area contributed by atoms with E-state index < -0.39 is 0 Å². The summed E-state index contributed by atoms with van der Waals surface area (Å²) in [6.07, 6.45) is -0.604. The summed E-state index contributed by atoms with van der Waals surface area (Å²) in [5.74, 6) is 1.20. The summed E-state index contributed by atoms with van der Waals surface area (Å²) in [7, 11) is 1.61. The third-order valence-electron chi connectivity index (χ3n) is 3.72. The fourth-order valence-electron chi connectivity index (χ4n) is 2.56. The molecule has 120 valence electrons. The first-order valence-corrected chi connectivity index (χ1v) is 7.51. The molecule has 1 saturated heterocycles. The third-order valence-corrected chi connectivity index (χ3v) is 3.72. The van der Waals surface area contributed by atoms with Crippen molar-refractivity contribution in [3.63, 3.8) is 0 Å². The molecule has 1 heterocycles. The largest absolute Gasteiger partial charge is 0.493 e. The van der Waals surface area contributed by atoms with Gasteiger partial charge >= 0.3 is 0 Å². The van der Waals surface area contributed by atoms with Crippen molar-refractivity contribution >= 4 is 5.91 Å². The number of carbonyl (C=O) groups is 1. The molecule has 1 fully saturated rings. The van der Waals surface area contributed by atoms with Crippen LogP contribution in [-0.4, -0.2) is 32.3 Å². The van der Waals surface area contributed by atoms with Crippen LogP contribution in [0.15, 0.2) is 54.6 Å². The lowest BCUT2D eigenvalue weighted by Gasteiger charge is -2.31. The first-order chi connectivity index (χ1) is 11.3. The van der Waals surface area contributed by atoms with Crippen molar-refractivity contribution in [2.45, 2.75) is 12.2 Å². The lowest BCUT2D eigenvalue weighted by molar-refractivity contribution is -0.137. The summed E-state index contributed by atoms with van der Waals surface area (Å²) in [5, 5.41) is 2.82. The van der Waals surface area contributed by atoms with Crippen LogP contribution in [0.4, 0.5) is 0 Å². The van der Waals surface area contributed by atoms with Gasteiger partial charge in [0.1, 0.15) is 12.7 Å². The summed E-state index contributed by atoms with van der Waals surface area (Å²) in [6, 6.07) is 17.3. The highest BCUT2D eigenvalue weighted by Crippen LogP contribution is 2.33. The summed E-state index contributed by atoms with van der Waals surface area (Å²) in [6.45, 7) is 0.455. The van der Waals surface area contributed by atoms with Gasteiger partial charge in [0.15, 0.2) is 17.6 Å². The van der Waals surface area contributed by atoms with E-state index in [1.54, 1.807) is 7.11 Å².